The van der Waals surface area contributed by atoms with Crippen LogP contribution in [0.25, 0.3) is 0 Å². The van der Waals surface area contributed by atoms with Gasteiger partial charge in [0.2, 0.25) is 0 Å². The van der Waals surface area contributed by atoms with Crippen LogP contribution < -0.4 is 5.32 Å². The zero-order chi connectivity index (χ0) is 9.26. The Bertz CT molecular complexity index is 174. The number of nitrogens with zero attached hydrogens (tertiary/aromatic N) is 1. The number of nitrogens with one attached hydrogen (secondary N) is 1. The van der Waals surface area contributed by atoms with Crippen LogP contribution in [0.15, 0.2) is 0 Å². The molecule has 1 saturated heterocycles. The number of morpholine rings is 1. The van der Waals surface area contributed by atoms with E-state index in [1.807, 2.05) is 0 Å². The quantitative estimate of drug-likeness (QED) is 0.683. The second-order valence-electron chi connectivity index (χ2n) is 4.48. The molecular weight excluding hydrogens is 164 g/mol. The second kappa shape index (κ2) is 3.95. The molecule has 1 heterocycles. The van der Waals surface area contributed by atoms with E-state index in [0.717, 1.165) is 38.2 Å². The molecular formula is C10H20N2O. The number of likely N-dealkylation sites (N-methyl/N-ethyl adjacent to an activating group) is 1. The first kappa shape index (κ1) is 9.44. The van der Waals surface area contributed by atoms with E-state index < -0.39 is 0 Å². The molecule has 3 unspecified atom stereocenters. The van der Waals surface area contributed by atoms with Crippen LogP contribution in [0.2, 0.25) is 0 Å². The maximum absolute atomic E-state index is 5.66. The summed E-state index contributed by atoms with van der Waals surface area (Å²) in [5, 5.41) is 3.54. The highest BCUT2D eigenvalue weighted by atomic mass is 16.5. The highest BCUT2D eigenvalue weighted by molar-refractivity contribution is 4.90. The summed E-state index contributed by atoms with van der Waals surface area (Å²) in [6, 6.07) is 0.774. The maximum atomic E-state index is 5.66. The molecule has 3 nitrogen and oxygen atoms in total. The molecule has 0 aromatic heterocycles. The highest BCUT2D eigenvalue weighted by Gasteiger charge is 2.32. The van der Waals surface area contributed by atoms with Crippen LogP contribution in [0, 0.1) is 5.92 Å². The van der Waals surface area contributed by atoms with Crippen molar-refractivity contribution in [1.82, 2.24) is 10.2 Å². The zero-order valence-electron chi connectivity index (χ0n) is 8.62. The Hall–Kier alpha value is -0.120. The molecule has 2 rings (SSSR count). The third-order valence-electron chi connectivity index (χ3n) is 3.06. The Morgan fingerprint density at radius 2 is 2.31 bits per heavy atom. The molecule has 1 aliphatic carbocycles. The van der Waals surface area contributed by atoms with E-state index in [4.69, 9.17) is 4.74 Å². The topological polar surface area (TPSA) is 24.5 Å². The third-order valence-corrected chi connectivity index (χ3v) is 3.06. The highest BCUT2D eigenvalue weighted by Crippen LogP contribution is 2.28. The average Bonchev–Trinajstić information content (AvgIpc) is 2.79. The molecule has 1 aliphatic heterocycles. The van der Waals surface area contributed by atoms with Gasteiger partial charge in [0.15, 0.2) is 0 Å². The minimum atomic E-state index is 0.409. The maximum Gasteiger partial charge on any atom is 0.0826 e. The lowest BCUT2D eigenvalue weighted by Gasteiger charge is -2.30. The van der Waals surface area contributed by atoms with Crippen molar-refractivity contribution in [2.24, 2.45) is 5.92 Å². The summed E-state index contributed by atoms with van der Waals surface area (Å²) < 4.78 is 5.66. The third kappa shape index (κ3) is 2.66. The van der Waals surface area contributed by atoms with Crippen LogP contribution in [0.5, 0.6) is 0 Å². The Morgan fingerprint density at radius 3 is 2.92 bits per heavy atom. The van der Waals surface area contributed by atoms with Gasteiger partial charge in [0.05, 0.1) is 12.7 Å². The van der Waals surface area contributed by atoms with E-state index in [1.165, 1.54) is 6.42 Å². The lowest BCUT2D eigenvalue weighted by molar-refractivity contribution is -0.0183. The molecule has 2 aliphatic rings. The minimum Gasteiger partial charge on any atom is -0.374 e. The van der Waals surface area contributed by atoms with Gasteiger partial charge < -0.3 is 15.0 Å². The fraction of sp³-hybridized carbons (Fsp3) is 1.00. The van der Waals surface area contributed by atoms with E-state index >= 15 is 0 Å². The molecule has 76 valence electrons. The minimum absolute atomic E-state index is 0.409. The fourth-order valence-corrected chi connectivity index (χ4v) is 1.88. The Labute approximate surface area is 80.4 Å². The predicted octanol–water partition coefficient (Wildman–Crippen LogP) is 0.315. The summed E-state index contributed by atoms with van der Waals surface area (Å²) >= 11 is 0. The molecule has 0 amide bonds. The number of hydrogen-bond donors (Lipinski definition) is 1. The van der Waals surface area contributed by atoms with Gasteiger partial charge in [0.25, 0.3) is 0 Å². The average molecular weight is 184 g/mol. The fourth-order valence-electron chi connectivity index (χ4n) is 1.88. The van der Waals surface area contributed by atoms with E-state index in [2.05, 4.69) is 24.2 Å². The Balaban J connectivity index is 1.63. The molecule has 0 aromatic rings. The van der Waals surface area contributed by atoms with Crippen molar-refractivity contribution in [3.8, 4) is 0 Å². The molecule has 0 bridgehead atoms. The van der Waals surface area contributed by atoms with Crippen LogP contribution in [-0.2, 0) is 4.74 Å². The summed E-state index contributed by atoms with van der Waals surface area (Å²) in [5.74, 6) is 0.890. The first-order valence-corrected chi connectivity index (χ1v) is 5.29. The molecule has 0 radical (unpaired) electrons. The smallest absolute Gasteiger partial charge is 0.0826 e. The van der Waals surface area contributed by atoms with Crippen molar-refractivity contribution in [3.63, 3.8) is 0 Å². The zero-order valence-corrected chi connectivity index (χ0v) is 8.62. The molecule has 0 aromatic carbocycles. The van der Waals surface area contributed by atoms with E-state index in [1.54, 1.807) is 0 Å². The van der Waals surface area contributed by atoms with Gasteiger partial charge in [-0.1, -0.05) is 6.92 Å². The predicted molar refractivity (Wildman–Crippen MR) is 52.8 cm³/mol. The number of ether oxygens (including phenoxy) is 1. The van der Waals surface area contributed by atoms with Gasteiger partial charge >= 0.3 is 0 Å². The molecule has 0 spiro atoms. The van der Waals surface area contributed by atoms with Crippen molar-refractivity contribution in [2.75, 3.05) is 33.3 Å². The van der Waals surface area contributed by atoms with Gasteiger partial charge in [-0.15, -0.1) is 0 Å². The summed E-state index contributed by atoms with van der Waals surface area (Å²) in [4.78, 5) is 2.34. The Kier molecular flexibility index (Phi) is 2.86. The van der Waals surface area contributed by atoms with Crippen LogP contribution in [0.1, 0.15) is 13.3 Å². The van der Waals surface area contributed by atoms with Gasteiger partial charge in [-0.25, -0.2) is 0 Å². The molecule has 1 saturated carbocycles. The molecule has 13 heavy (non-hydrogen) atoms. The first-order chi connectivity index (χ1) is 6.25. The lowest BCUT2D eigenvalue weighted by Crippen LogP contribution is -2.45. The van der Waals surface area contributed by atoms with Gasteiger partial charge in [0.1, 0.15) is 0 Å². The van der Waals surface area contributed by atoms with Crippen LogP contribution in [0.4, 0.5) is 0 Å². The molecule has 1 N–H and O–H groups in total. The molecule has 3 heteroatoms. The van der Waals surface area contributed by atoms with Crippen LogP contribution in [0.3, 0.4) is 0 Å². The van der Waals surface area contributed by atoms with E-state index in [9.17, 15) is 0 Å². The summed E-state index contributed by atoms with van der Waals surface area (Å²) in [6.07, 6.45) is 1.76. The SMILES string of the molecule is CC1CC1NCC1CN(C)CCO1. The van der Waals surface area contributed by atoms with Gasteiger partial charge in [-0.3, -0.25) is 0 Å². The van der Waals surface area contributed by atoms with Crippen LogP contribution in [-0.4, -0.2) is 50.3 Å². The molecule has 3 atom stereocenters. The summed E-state index contributed by atoms with van der Waals surface area (Å²) in [5.41, 5.74) is 0. The Morgan fingerprint density at radius 1 is 1.54 bits per heavy atom. The lowest BCUT2D eigenvalue weighted by atomic mass is 10.3. The van der Waals surface area contributed by atoms with Crippen LogP contribution >= 0.6 is 0 Å². The first-order valence-electron chi connectivity index (χ1n) is 5.29. The van der Waals surface area contributed by atoms with E-state index in [0.29, 0.717) is 6.10 Å². The number of hydrogen-bond acceptors (Lipinski definition) is 3. The van der Waals surface area contributed by atoms with Crippen molar-refractivity contribution < 1.29 is 4.74 Å². The standard InChI is InChI=1S/C10H20N2O/c1-8-5-10(8)11-6-9-7-12(2)3-4-13-9/h8-11H,3-7H2,1-2H3. The van der Waals surface area contributed by atoms with Gasteiger partial charge in [0, 0.05) is 25.7 Å². The van der Waals surface area contributed by atoms with Crippen molar-refractivity contribution in [2.45, 2.75) is 25.5 Å². The van der Waals surface area contributed by atoms with Gasteiger partial charge in [-0.05, 0) is 19.4 Å². The second-order valence-corrected chi connectivity index (χ2v) is 4.48. The normalized spacial score (nSPS) is 40.6. The summed E-state index contributed by atoms with van der Waals surface area (Å²) in [7, 11) is 2.16. The van der Waals surface area contributed by atoms with Gasteiger partial charge in [-0.2, -0.15) is 0 Å². The van der Waals surface area contributed by atoms with Crippen molar-refractivity contribution in [1.29, 1.82) is 0 Å². The summed E-state index contributed by atoms with van der Waals surface area (Å²) in [6.45, 7) is 6.37. The van der Waals surface area contributed by atoms with Crippen molar-refractivity contribution >= 4 is 0 Å². The monoisotopic (exact) mass is 184 g/mol. The number of rotatable bonds is 3. The largest absolute Gasteiger partial charge is 0.374 e. The molecule has 2 fully saturated rings. The van der Waals surface area contributed by atoms with Crippen molar-refractivity contribution in [3.05, 3.63) is 0 Å². The van der Waals surface area contributed by atoms with E-state index in [-0.39, 0.29) is 0 Å².